The topological polar surface area (TPSA) is 26.3 Å². The Bertz CT molecular complexity index is 3600. The van der Waals surface area contributed by atoms with E-state index >= 15 is 0 Å². The zero-order valence-corrected chi connectivity index (χ0v) is 33.7. The number of para-hydroxylation sites is 1. The maximum absolute atomic E-state index is 6.53. The van der Waals surface area contributed by atoms with Gasteiger partial charge in [0, 0.05) is 32.8 Å². The lowest BCUT2D eigenvalue weighted by Crippen LogP contribution is -2.11. The summed E-state index contributed by atoms with van der Waals surface area (Å²) in [4.78, 5) is 0. The van der Waals surface area contributed by atoms with Crippen molar-refractivity contribution in [3.8, 4) is 33.4 Å². The minimum absolute atomic E-state index is 0.0851. The molecule has 12 rings (SSSR count). The van der Waals surface area contributed by atoms with Crippen molar-refractivity contribution in [2.75, 3.05) is 0 Å². The SMILES string of the molecule is CC(c1ccccc1-c1ccc2oc3c4ccccc4ccc3c2c1)C(c1ccc(-c2ccc3oc4ccccc4c3c2)cc1)c1ccc(-c2cccc3ccccc23)cc1. The van der Waals surface area contributed by atoms with Crippen LogP contribution in [0.25, 0.3) is 98.8 Å². The van der Waals surface area contributed by atoms with Gasteiger partial charge in [-0.05, 0) is 109 Å². The molecule has 0 aliphatic carbocycles. The van der Waals surface area contributed by atoms with Gasteiger partial charge in [-0.2, -0.15) is 0 Å². The van der Waals surface area contributed by atoms with Crippen molar-refractivity contribution in [2.24, 2.45) is 0 Å². The molecule has 0 bridgehead atoms. The van der Waals surface area contributed by atoms with Crippen LogP contribution in [0.3, 0.4) is 0 Å². The van der Waals surface area contributed by atoms with Gasteiger partial charge in [0.15, 0.2) is 0 Å². The molecule has 0 saturated carbocycles. The molecule has 0 aliphatic rings. The standard InChI is InChI=1S/C59H40O2/c1-37(46-14-6-7-16-49(46)45-31-34-57-54(36-45)52-32-29-40-12-3-5-17-50(40)59(52)61-57)58(43-27-23-41(24-28-43)48-19-10-13-39-11-2-4-15-47(39)48)42-25-21-38(22-26-42)44-30-33-56-53(35-44)51-18-8-9-20-55(51)60-56/h2-37,58H,1H3. The molecule has 2 heterocycles. The highest BCUT2D eigenvalue weighted by atomic mass is 16.3. The molecule has 0 amide bonds. The van der Waals surface area contributed by atoms with Gasteiger partial charge in [-0.25, -0.2) is 0 Å². The van der Waals surface area contributed by atoms with Crippen molar-refractivity contribution in [3.63, 3.8) is 0 Å². The predicted molar refractivity (Wildman–Crippen MR) is 255 cm³/mol. The fraction of sp³-hybridized carbons (Fsp3) is 0.0508. The van der Waals surface area contributed by atoms with Gasteiger partial charge in [-0.1, -0.05) is 183 Å². The Morgan fingerprint density at radius 1 is 0.328 bits per heavy atom. The molecule has 0 aliphatic heterocycles. The summed E-state index contributed by atoms with van der Waals surface area (Å²) in [5.41, 5.74) is 14.8. The van der Waals surface area contributed by atoms with Crippen LogP contribution in [0.5, 0.6) is 0 Å². The third-order valence-electron chi connectivity index (χ3n) is 13.0. The van der Waals surface area contributed by atoms with E-state index in [1.165, 1.54) is 66.2 Å². The maximum Gasteiger partial charge on any atom is 0.143 e. The lowest BCUT2D eigenvalue weighted by molar-refractivity contribution is 0.659. The Kier molecular flexibility index (Phi) is 8.24. The zero-order valence-electron chi connectivity index (χ0n) is 33.7. The molecule has 10 aromatic carbocycles. The van der Waals surface area contributed by atoms with E-state index in [9.17, 15) is 0 Å². The van der Waals surface area contributed by atoms with Crippen LogP contribution in [-0.2, 0) is 0 Å². The molecule has 0 radical (unpaired) electrons. The number of hydrogen-bond acceptors (Lipinski definition) is 2. The zero-order chi connectivity index (χ0) is 40.4. The van der Waals surface area contributed by atoms with Crippen LogP contribution in [0.2, 0.25) is 0 Å². The van der Waals surface area contributed by atoms with Crippen LogP contribution in [0.15, 0.2) is 221 Å². The predicted octanol–water partition coefficient (Wildman–Crippen LogP) is 16.7. The van der Waals surface area contributed by atoms with Crippen LogP contribution >= 0.6 is 0 Å². The number of furan rings is 2. The number of benzene rings is 10. The van der Waals surface area contributed by atoms with Crippen LogP contribution in [-0.4, -0.2) is 0 Å². The molecule has 0 saturated heterocycles. The third-order valence-corrected chi connectivity index (χ3v) is 13.0. The van der Waals surface area contributed by atoms with Crippen LogP contribution in [0.1, 0.15) is 35.4 Å². The average molecular weight is 781 g/mol. The highest BCUT2D eigenvalue weighted by molar-refractivity contribution is 6.15. The summed E-state index contributed by atoms with van der Waals surface area (Å²) in [6.07, 6.45) is 0. The van der Waals surface area contributed by atoms with E-state index < -0.39 is 0 Å². The smallest absolute Gasteiger partial charge is 0.143 e. The van der Waals surface area contributed by atoms with Crippen molar-refractivity contribution in [1.82, 2.24) is 0 Å². The summed E-state index contributed by atoms with van der Waals surface area (Å²) in [7, 11) is 0. The van der Waals surface area contributed by atoms with Gasteiger partial charge in [0.25, 0.3) is 0 Å². The Labute approximate surface area is 353 Å². The number of hydrogen-bond donors (Lipinski definition) is 0. The molecular weight excluding hydrogens is 741 g/mol. The molecule has 288 valence electrons. The van der Waals surface area contributed by atoms with Crippen LogP contribution < -0.4 is 0 Å². The van der Waals surface area contributed by atoms with Crippen molar-refractivity contribution >= 4 is 65.4 Å². The Morgan fingerprint density at radius 3 is 1.67 bits per heavy atom. The van der Waals surface area contributed by atoms with Gasteiger partial charge < -0.3 is 8.83 Å². The Balaban J connectivity index is 0.964. The fourth-order valence-electron chi connectivity index (χ4n) is 9.91. The molecule has 0 fully saturated rings. The van der Waals surface area contributed by atoms with Gasteiger partial charge in [-0.15, -0.1) is 0 Å². The second kappa shape index (κ2) is 14.3. The Morgan fingerprint density at radius 2 is 0.869 bits per heavy atom. The first-order chi connectivity index (χ1) is 30.1. The van der Waals surface area contributed by atoms with E-state index in [2.05, 4.69) is 207 Å². The maximum atomic E-state index is 6.53. The van der Waals surface area contributed by atoms with E-state index in [1.54, 1.807) is 0 Å². The first kappa shape index (κ1) is 35.3. The van der Waals surface area contributed by atoms with Gasteiger partial charge in [-0.3, -0.25) is 0 Å². The third kappa shape index (κ3) is 5.94. The van der Waals surface area contributed by atoms with Crippen LogP contribution in [0.4, 0.5) is 0 Å². The lowest BCUT2D eigenvalue weighted by atomic mass is 9.75. The van der Waals surface area contributed by atoms with E-state index in [0.29, 0.717) is 0 Å². The first-order valence-corrected chi connectivity index (χ1v) is 21.2. The van der Waals surface area contributed by atoms with Crippen molar-refractivity contribution in [2.45, 2.75) is 18.8 Å². The van der Waals surface area contributed by atoms with Crippen molar-refractivity contribution in [1.29, 1.82) is 0 Å². The Hall–Kier alpha value is -7.68. The molecule has 12 aromatic rings. The average Bonchev–Trinajstić information content (AvgIpc) is 3.90. The molecular formula is C59H40O2. The second-order valence-corrected chi connectivity index (χ2v) is 16.4. The quantitative estimate of drug-likeness (QED) is 0.161. The molecule has 2 atom stereocenters. The van der Waals surface area contributed by atoms with Crippen molar-refractivity contribution < 1.29 is 8.83 Å². The monoisotopic (exact) mass is 780 g/mol. The normalized spacial score (nSPS) is 12.9. The largest absolute Gasteiger partial charge is 0.456 e. The second-order valence-electron chi connectivity index (χ2n) is 16.4. The summed E-state index contributed by atoms with van der Waals surface area (Å²) in [6.45, 7) is 2.39. The highest BCUT2D eigenvalue weighted by Crippen LogP contribution is 2.45. The van der Waals surface area contributed by atoms with Gasteiger partial charge in [0.1, 0.15) is 22.3 Å². The molecule has 0 N–H and O–H groups in total. The number of rotatable bonds is 7. The summed E-state index contributed by atoms with van der Waals surface area (Å²) < 4.78 is 12.7. The van der Waals surface area contributed by atoms with Crippen LogP contribution in [0, 0.1) is 0 Å². The van der Waals surface area contributed by atoms with Crippen molar-refractivity contribution in [3.05, 3.63) is 229 Å². The highest BCUT2D eigenvalue weighted by Gasteiger charge is 2.26. The lowest BCUT2D eigenvalue weighted by Gasteiger charge is -2.28. The van der Waals surface area contributed by atoms with Gasteiger partial charge in [0.05, 0.1) is 0 Å². The fourth-order valence-corrected chi connectivity index (χ4v) is 9.91. The minimum atomic E-state index is 0.0851. The molecule has 2 nitrogen and oxygen atoms in total. The molecule has 2 heteroatoms. The number of fused-ring (bicyclic) bond motifs is 9. The van der Waals surface area contributed by atoms with E-state index in [4.69, 9.17) is 8.83 Å². The minimum Gasteiger partial charge on any atom is -0.456 e. The molecule has 2 aromatic heterocycles. The molecule has 61 heavy (non-hydrogen) atoms. The van der Waals surface area contributed by atoms with Gasteiger partial charge in [0.2, 0.25) is 0 Å². The first-order valence-electron chi connectivity index (χ1n) is 21.2. The van der Waals surface area contributed by atoms with E-state index in [0.717, 1.165) is 49.3 Å². The summed E-state index contributed by atoms with van der Waals surface area (Å²) in [6, 6.07) is 77.1. The molecule has 2 unspecified atom stereocenters. The summed E-state index contributed by atoms with van der Waals surface area (Å²) >= 11 is 0. The summed E-state index contributed by atoms with van der Waals surface area (Å²) in [5.74, 6) is 0.224. The van der Waals surface area contributed by atoms with E-state index in [1.807, 2.05) is 12.1 Å². The summed E-state index contributed by atoms with van der Waals surface area (Å²) in [5, 5.41) is 9.41. The van der Waals surface area contributed by atoms with E-state index in [-0.39, 0.29) is 11.8 Å². The van der Waals surface area contributed by atoms with Gasteiger partial charge >= 0.3 is 0 Å². The molecule has 0 spiro atoms.